The molecule has 0 aliphatic carbocycles. The Hall–Kier alpha value is 4.05. The van der Waals surface area contributed by atoms with E-state index in [2.05, 4.69) is 0 Å². The molecule has 0 saturated carbocycles. The molecule has 5 heavy (non-hydrogen) atoms. The zero-order valence-electron chi connectivity index (χ0n) is 7.00. The van der Waals surface area contributed by atoms with Crippen molar-refractivity contribution in [3.05, 3.63) is 0 Å². The summed E-state index contributed by atoms with van der Waals surface area (Å²) in [4.78, 5) is 0. The molecule has 0 bridgehead atoms. The first-order chi connectivity index (χ1) is 0. The molecule has 0 unspecified atom stereocenters. The van der Waals surface area contributed by atoms with Crippen LogP contribution in [0.4, 0.5) is 0 Å². The molecule has 0 atom stereocenters. The Labute approximate surface area is 127 Å². The first-order valence-corrected chi connectivity index (χ1v) is 0. The van der Waals surface area contributed by atoms with Crippen LogP contribution in [-0.2, 0) is 36.5 Å². The Morgan fingerprint density at radius 1 is 1.00 bits per heavy atom. The van der Waals surface area contributed by atoms with Crippen molar-refractivity contribution in [3.8, 4) is 0 Å². The molecule has 0 nitrogen and oxygen atoms in total. The Balaban J connectivity index is 0. The summed E-state index contributed by atoms with van der Waals surface area (Å²) in [5.74, 6) is 0. The summed E-state index contributed by atoms with van der Waals surface area (Å²) in [6.45, 7) is 0. The van der Waals surface area contributed by atoms with Crippen molar-refractivity contribution in [2.75, 3.05) is 0 Å². The molecule has 0 amide bonds. The van der Waals surface area contributed by atoms with E-state index >= 15 is 0 Å². The Kier molecular flexibility index (Phi) is 174. The Morgan fingerprint density at radius 3 is 1.00 bits per heavy atom. The largest absolute Gasteiger partial charge is 2.00 e. The van der Waals surface area contributed by atoms with Crippen LogP contribution in [0.15, 0.2) is 0 Å². The number of hydrogen-bond donors (Lipinski definition) is 0. The molecule has 0 N–H and O–H groups in total. The molecular formula is H4CeMg2MnZn. The molecular weight excluding hydrogens is 309 g/mol. The van der Waals surface area contributed by atoms with E-state index in [4.69, 9.17) is 0 Å². The van der Waals surface area contributed by atoms with Crippen LogP contribution in [0, 0.1) is 41.7 Å². The van der Waals surface area contributed by atoms with Crippen molar-refractivity contribution >= 4 is 46.1 Å². The summed E-state index contributed by atoms with van der Waals surface area (Å²) in [7, 11) is 0. The van der Waals surface area contributed by atoms with Gasteiger partial charge in [0.05, 0.1) is 0 Å². The quantitative estimate of drug-likeness (QED) is 0.538. The average molecular weight is 313 g/mol. The van der Waals surface area contributed by atoms with Crippen molar-refractivity contribution in [1.82, 2.24) is 0 Å². The summed E-state index contributed by atoms with van der Waals surface area (Å²) < 4.78 is 0. The van der Waals surface area contributed by atoms with E-state index < -0.39 is 0 Å². The normalized spacial score (nSPS) is 0. The van der Waals surface area contributed by atoms with E-state index in [0.29, 0.717) is 0 Å². The van der Waals surface area contributed by atoms with Crippen molar-refractivity contribution in [3.63, 3.8) is 0 Å². The van der Waals surface area contributed by atoms with Crippen LogP contribution in [0.5, 0.6) is 0 Å². The van der Waals surface area contributed by atoms with Crippen molar-refractivity contribution in [2.45, 2.75) is 0 Å². The molecule has 0 aliphatic rings. The SMILES string of the molecule is [Ce].[H-].[H-].[H-].[H-].[Mg+2].[Mg+2].[Mn].[Zn]. The van der Waals surface area contributed by atoms with Crippen LogP contribution in [0.3, 0.4) is 0 Å². The minimum absolute atomic E-state index is 0. The maximum Gasteiger partial charge on any atom is 2.00 e. The minimum atomic E-state index is 0. The molecule has 0 spiro atoms. The zero-order valence-corrected chi connectivity index (χ0v) is 13.1. The predicted octanol–water partition coefficient (Wildman–Crippen LogP) is -0.317. The standard InChI is InChI=1S/Ce.2Mg.Mn.Zn.4H/q;2*+2;;;4*-1. The molecule has 0 rings (SSSR count). The second-order valence-electron chi connectivity index (χ2n) is 0. The van der Waals surface area contributed by atoms with Crippen molar-refractivity contribution < 1.29 is 84.0 Å². The first-order valence-electron chi connectivity index (χ1n) is 0. The van der Waals surface area contributed by atoms with E-state index in [1.165, 1.54) is 0 Å². The van der Waals surface area contributed by atoms with Gasteiger partial charge in [-0.2, -0.15) is 0 Å². The molecule has 5 heteroatoms. The monoisotopic (exact) mass is 311 g/mol. The van der Waals surface area contributed by atoms with Crippen LogP contribution >= 0.6 is 0 Å². The average Bonchev–Trinajstić information content (AvgIpc) is 0. The summed E-state index contributed by atoms with van der Waals surface area (Å²) in [5, 5.41) is 0. The van der Waals surface area contributed by atoms with Gasteiger partial charge in [-0.3, -0.25) is 0 Å². The van der Waals surface area contributed by atoms with Crippen LogP contribution in [0.1, 0.15) is 5.71 Å². The molecule has 0 aromatic heterocycles. The maximum absolute atomic E-state index is 0. The third-order valence-electron chi connectivity index (χ3n) is 0. The Morgan fingerprint density at radius 2 is 1.00 bits per heavy atom. The molecule has 0 fully saturated rings. The van der Waals surface area contributed by atoms with E-state index in [9.17, 15) is 0 Å². The van der Waals surface area contributed by atoms with Gasteiger partial charge in [0.25, 0.3) is 0 Å². The third kappa shape index (κ3) is 18.0. The van der Waals surface area contributed by atoms with Gasteiger partial charge < -0.3 is 5.71 Å². The van der Waals surface area contributed by atoms with Gasteiger partial charge in [-0.25, -0.2) is 0 Å². The fourth-order valence-electron chi connectivity index (χ4n) is 0. The van der Waals surface area contributed by atoms with Gasteiger partial charge in [0.15, 0.2) is 0 Å². The molecule has 0 heterocycles. The van der Waals surface area contributed by atoms with Crippen molar-refractivity contribution in [2.24, 2.45) is 0 Å². The smallest absolute Gasteiger partial charge is 1.00 e. The number of hydrogen-bond acceptors (Lipinski definition) is 0. The van der Waals surface area contributed by atoms with Gasteiger partial charge in [-0.15, -0.1) is 0 Å². The summed E-state index contributed by atoms with van der Waals surface area (Å²) in [6.07, 6.45) is 0. The summed E-state index contributed by atoms with van der Waals surface area (Å²) in [5.41, 5.74) is 0. The van der Waals surface area contributed by atoms with Crippen LogP contribution in [-0.4, -0.2) is 46.1 Å². The Bertz CT molecular complexity index is 18.5. The van der Waals surface area contributed by atoms with Crippen molar-refractivity contribution in [1.29, 1.82) is 0 Å². The van der Waals surface area contributed by atoms with Crippen LogP contribution in [0.25, 0.3) is 0 Å². The predicted molar refractivity (Wildman–Crippen MR) is 16.0 cm³/mol. The second kappa shape index (κ2) is 24.4. The van der Waals surface area contributed by atoms with Crippen LogP contribution in [0.2, 0.25) is 0 Å². The fourth-order valence-corrected chi connectivity index (χ4v) is 0. The topological polar surface area (TPSA) is 0 Å². The molecule has 0 aromatic carbocycles. The van der Waals surface area contributed by atoms with Gasteiger partial charge in [-0.05, 0) is 0 Å². The van der Waals surface area contributed by atoms with Gasteiger partial charge in [-0.1, -0.05) is 0 Å². The van der Waals surface area contributed by atoms with Gasteiger partial charge in [0, 0.05) is 78.3 Å². The first kappa shape index (κ1) is 35.7. The third-order valence-corrected chi connectivity index (χ3v) is 0. The second-order valence-corrected chi connectivity index (χ2v) is 0. The van der Waals surface area contributed by atoms with Gasteiger partial charge >= 0.3 is 46.1 Å². The van der Waals surface area contributed by atoms with E-state index in [1.807, 2.05) is 0 Å². The fraction of sp³-hybridized carbons (Fsp3) is 0. The number of rotatable bonds is 0. The molecule has 0 aliphatic heterocycles. The molecule has 0 aromatic rings. The van der Waals surface area contributed by atoms with Gasteiger partial charge in [0.2, 0.25) is 0 Å². The van der Waals surface area contributed by atoms with Gasteiger partial charge in [0.1, 0.15) is 0 Å². The summed E-state index contributed by atoms with van der Waals surface area (Å²) in [6, 6.07) is 0. The maximum atomic E-state index is 0. The zero-order chi connectivity index (χ0) is 0. The van der Waals surface area contributed by atoms with E-state index in [1.54, 1.807) is 0 Å². The van der Waals surface area contributed by atoms with E-state index in [0.717, 1.165) is 0 Å². The van der Waals surface area contributed by atoms with Crippen LogP contribution < -0.4 is 0 Å². The molecule has 0 saturated heterocycles. The molecule has 1 radical (unpaired) electrons. The molecule has 21 valence electrons. The minimum Gasteiger partial charge on any atom is -1.00 e. The summed E-state index contributed by atoms with van der Waals surface area (Å²) >= 11 is 0. The van der Waals surface area contributed by atoms with E-state index in [-0.39, 0.29) is 130 Å².